The Morgan fingerprint density at radius 1 is 0.786 bits per heavy atom. The Hall–Kier alpha value is -2.03. The van der Waals surface area contributed by atoms with Crippen LogP contribution in [0, 0.1) is 17.8 Å². The van der Waals surface area contributed by atoms with Crippen LogP contribution < -0.4 is 0 Å². The molecule has 0 radical (unpaired) electrons. The second kappa shape index (κ2) is 30.1. The first-order chi connectivity index (χ1) is 26.5. The van der Waals surface area contributed by atoms with Gasteiger partial charge in [-0.2, -0.15) is 0 Å². The number of hydrogen-bond donors (Lipinski definition) is 5. The molecule has 1 rings (SSSR count). The second-order valence-corrected chi connectivity index (χ2v) is 17.4. The van der Waals surface area contributed by atoms with Crippen molar-refractivity contribution in [3.05, 3.63) is 36.5 Å². The Morgan fingerprint density at radius 2 is 1.41 bits per heavy atom. The van der Waals surface area contributed by atoms with Crippen molar-refractivity contribution in [1.29, 1.82) is 0 Å². The van der Waals surface area contributed by atoms with Crippen molar-refractivity contribution in [3.8, 4) is 0 Å². The zero-order chi connectivity index (χ0) is 41.8. The van der Waals surface area contributed by atoms with Crippen LogP contribution in [0.3, 0.4) is 0 Å². The molecule has 0 fully saturated rings. The smallest absolute Gasteiger partial charge is 0.462 e. The standard InChI is InChI=1S/C39H68O15P2/c1-4-5-13-20-33(40)24-25-36-32(23-26-37(36)42)19-15-11-12-17-22-39(44)54-35(30-53-56(48,49)52-28-34(41)27-51-55(45,46)47)29-50-38(43)21-16-10-8-6-7-9-14-18-31(2)3/h11,15,23-26,31-36,40-41H,4-10,12-14,16-22,27-30H2,1-3H3,(H,48,49)(H2,45,46,47)/b15-11-,25-24+/t32-,33-,34-,35+,36+/m0/s1. The van der Waals surface area contributed by atoms with Crippen LogP contribution in [0.25, 0.3) is 0 Å². The molecule has 0 amide bonds. The molecule has 56 heavy (non-hydrogen) atoms. The molecule has 6 atom stereocenters. The van der Waals surface area contributed by atoms with Gasteiger partial charge in [0.15, 0.2) is 11.9 Å². The summed E-state index contributed by atoms with van der Waals surface area (Å²) in [4.78, 5) is 65.0. The van der Waals surface area contributed by atoms with Gasteiger partial charge in [0.1, 0.15) is 12.7 Å². The topological polar surface area (TPSA) is 233 Å². The molecule has 5 N–H and O–H groups in total. The van der Waals surface area contributed by atoms with Crippen molar-refractivity contribution in [1.82, 2.24) is 0 Å². The van der Waals surface area contributed by atoms with Gasteiger partial charge in [-0.1, -0.05) is 115 Å². The zero-order valence-electron chi connectivity index (χ0n) is 33.5. The summed E-state index contributed by atoms with van der Waals surface area (Å²) >= 11 is 0. The molecule has 0 saturated carbocycles. The highest BCUT2D eigenvalue weighted by Crippen LogP contribution is 2.44. The van der Waals surface area contributed by atoms with E-state index in [9.17, 15) is 38.6 Å². The summed E-state index contributed by atoms with van der Waals surface area (Å²) in [5, 5.41) is 19.9. The molecule has 1 aliphatic carbocycles. The number of carbonyl (C=O) groups excluding carboxylic acids is 3. The Kier molecular flexibility index (Phi) is 27.9. The van der Waals surface area contributed by atoms with Gasteiger partial charge in [-0.3, -0.25) is 28.0 Å². The fourth-order valence-corrected chi connectivity index (χ4v) is 6.91. The molecule has 1 aliphatic rings. The predicted octanol–water partition coefficient (Wildman–Crippen LogP) is 7.20. The molecule has 0 aromatic heterocycles. The van der Waals surface area contributed by atoms with E-state index in [4.69, 9.17) is 23.8 Å². The minimum atomic E-state index is -4.89. The molecule has 1 unspecified atom stereocenters. The number of ketones is 1. The van der Waals surface area contributed by atoms with Gasteiger partial charge in [0.05, 0.1) is 25.9 Å². The lowest BCUT2D eigenvalue weighted by atomic mass is 9.90. The number of allylic oxidation sites excluding steroid dienone is 5. The molecule has 324 valence electrons. The highest BCUT2D eigenvalue weighted by Gasteiger charge is 2.29. The van der Waals surface area contributed by atoms with Crippen LogP contribution in [0.15, 0.2) is 36.5 Å². The minimum absolute atomic E-state index is 0.0000971. The van der Waals surface area contributed by atoms with E-state index in [0.29, 0.717) is 38.0 Å². The van der Waals surface area contributed by atoms with Gasteiger partial charge in [-0.25, -0.2) is 9.13 Å². The van der Waals surface area contributed by atoms with Crippen molar-refractivity contribution in [2.24, 2.45) is 17.8 Å². The summed E-state index contributed by atoms with van der Waals surface area (Å²) in [7, 11) is -9.74. The number of aliphatic hydroxyl groups is 2. The van der Waals surface area contributed by atoms with Crippen LogP contribution in [0.4, 0.5) is 0 Å². The summed E-state index contributed by atoms with van der Waals surface area (Å²) < 4.78 is 47.6. The molecule has 0 aromatic carbocycles. The van der Waals surface area contributed by atoms with Crippen molar-refractivity contribution in [2.45, 2.75) is 148 Å². The fourth-order valence-electron chi connectivity index (χ4n) is 5.76. The van der Waals surface area contributed by atoms with Gasteiger partial charge in [0.25, 0.3) is 0 Å². The number of carbonyl (C=O) groups is 3. The van der Waals surface area contributed by atoms with Gasteiger partial charge in [0, 0.05) is 18.8 Å². The number of esters is 2. The Labute approximate surface area is 333 Å². The first-order valence-electron chi connectivity index (χ1n) is 20.1. The van der Waals surface area contributed by atoms with Crippen LogP contribution in [-0.2, 0) is 46.6 Å². The number of aliphatic hydroxyl groups excluding tert-OH is 2. The number of phosphoric acid groups is 2. The first kappa shape index (κ1) is 52.0. The summed E-state index contributed by atoms with van der Waals surface area (Å²) in [5.41, 5.74) is 0. The van der Waals surface area contributed by atoms with Gasteiger partial charge in [0.2, 0.25) is 0 Å². The molecule has 0 aromatic rings. The van der Waals surface area contributed by atoms with Crippen molar-refractivity contribution >= 4 is 33.4 Å². The summed E-state index contributed by atoms with van der Waals surface area (Å²) in [6.45, 7) is 3.63. The maximum absolute atomic E-state index is 12.7. The number of hydrogen-bond acceptors (Lipinski definition) is 12. The molecule has 15 nitrogen and oxygen atoms in total. The lowest BCUT2D eigenvalue weighted by molar-refractivity contribution is -0.161. The number of ether oxygens (including phenoxy) is 2. The largest absolute Gasteiger partial charge is 0.472 e. The van der Waals surface area contributed by atoms with E-state index < -0.39 is 72.3 Å². The van der Waals surface area contributed by atoms with Crippen molar-refractivity contribution in [2.75, 3.05) is 26.4 Å². The Bertz CT molecular complexity index is 1290. The average Bonchev–Trinajstić information content (AvgIpc) is 3.48. The zero-order valence-corrected chi connectivity index (χ0v) is 35.3. The van der Waals surface area contributed by atoms with Crippen LogP contribution in [0.2, 0.25) is 0 Å². The number of unbranched alkanes of at least 4 members (excludes halogenated alkanes) is 9. The third-order valence-corrected chi connectivity index (χ3v) is 10.4. The summed E-state index contributed by atoms with van der Waals surface area (Å²) in [6, 6.07) is 0. The van der Waals surface area contributed by atoms with Gasteiger partial charge in [-0.05, 0) is 50.0 Å². The SMILES string of the molecule is CCCCC[C@H](O)/C=C/[C@H]1C(=O)C=C[C@@H]1C/C=C\CCCC(=O)O[C@H](COC(=O)CCCCCCCCCC(C)C)COP(=O)(O)OC[C@@H](O)COP(=O)(O)O. The molecule has 0 bridgehead atoms. The first-order valence-corrected chi connectivity index (χ1v) is 23.1. The average molecular weight is 839 g/mol. The highest BCUT2D eigenvalue weighted by molar-refractivity contribution is 7.47. The molecule has 0 heterocycles. The van der Waals surface area contributed by atoms with Crippen molar-refractivity contribution < 1.29 is 71.5 Å². The molecule has 0 aliphatic heterocycles. The highest BCUT2D eigenvalue weighted by atomic mass is 31.2. The van der Waals surface area contributed by atoms with E-state index in [2.05, 4.69) is 29.8 Å². The van der Waals surface area contributed by atoms with E-state index in [1.807, 2.05) is 18.2 Å². The van der Waals surface area contributed by atoms with Gasteiger partial charge in [-0.15, -0.1) is 0 Å². The second-order valence-electron chi connectivity index (χ2n) is 14.7. The van der Waals surface area contributed by atoms with E-state index in [1.54, 1.807) is 18.2 Å². The molecular weight excluding hydrogens is 770 g/mol. The van der Waals surface area contributed by atoms with E-state index in [1.165, 1.54) is 19.3 Å². The predicted molar refractivity (Wildman–Crippen MR) is 211 cm³/mol. The van der Waals surface area contributed by atoms with Gasteiger partial charge < -0.3 is 34.4 Å². The summed E-state index contributed by atoms with van der Waals surface area (Å²) in [6.07, 6.45) is 21.0. The van der Waals surface area contributed by atoms with E-state index in [-0.39, 0.29) is 30.5 Å². The van der Waals surface area contributed by atoms with E-state index in [0.717, 1.165) is 44.9 Å². The molecule has 17 heteroatoms. The van der Waals surface area contributed by atoms with Crippen LogP contribution in [0.1, 0.15) is 130 Å². The van der Waals surface area contributed by atoms with E-state index >= 15 is 0 Å². The van der Waals surface area contributed by atoms with Crippen LogP contribution >= 0.6 is 15.6 Å². The maximum Gasteiger partial charge on any atom is 0.472 e. The van der Waals surface area contributed by atoms with Crippen molar-refractivity contribution in [3.63, 3.8) is 0 Å². The third kappa shape index (κ3) is 28.4. The summed E-state index contributed by atoms with van der Waals surface area (Å²) in [5.74, 6) is -0.839. The third-order valence-electron chi connectivity index (χ3n) is 8.95. The fraction of sp³-hybridized carbons (Fsp3) is 0.769. The van der Waals surface area contributed by atoms with Crippen LogP contribution in [0.5, 0.6) is 0 Å². The Balaban J connectivity index is 2.59. The quantitative estimate of drug-likeness (QED) is 0.0187. The monoisotopic (exact) mass is 838 g/mol. The molecule has 0 saturated heterocycles. The van der Waals surface area contributed by atoms with Gasteiger partial charge >= 0.3 is 27.6 Å². The Morgan fingerprint density at radius 3 is 2.09 bits per heavy atom. The molecule has 0 spiro atoms. The minimum Gasteiger partial charge on any atom is -0.462 e. The number of rotatable bonds is 34. The number of phosphoric ester groups is 2. The lowest BCUT2D eigenvalue weighted by Gasteiger charge is -2.20. The maximum atomic E-state index is 12.7. The van der Waals surface area contributed by atoms with Crippen LogP contribution in [-0.4, -0.2) is 87.4 Å². The lowest BCUT2D eigenvalue weighted by Crippen LogP contribution is -2.29. The molecular formula is C39H68O15P2. The normalized spacial score (nSPS) is 18.8.